The number of aliphatic hydroxyl groups is 1. The fourth-order valence-electron chi connectivity index (χ4n) is 13.7. The summed E-state index contributed by atoms with van der Waals surface area (Å²) in [6.07, 6.45) is 15.2. The fraction of sp³-hybridized carbons (Fsp3) is 0.737. The van der Waals surface area contributed by atoms with Gasteiger partial charge >= 0.3 is 17.9 Å². The zero-order valence-corrected chi connectivity index (χ0v) is 44.4. The Balaban J connectivity index is 0.000000262. The first-order chi connectivity index (χ1) is 32.4. The zero-order valence-electron chi connectivity index (χ0n) is 44.4. The van der Waals surface area contributed by atoms with Crippen LogP contribution >= 0.6 is 0 Å². The molecular weight excluding hydrogens is 873 g/mol. The van der Waals surface area contributed by atoms with Crippen LogP contribution in [0, 0.1) is 51.2 Å². The summed E-state index contributed by atoms with van der Waals surface area (Å²) in [6, 6.07) is 2.71. The maximum atomic E-state index is 13.3. The minimum atomic E-state index is -1.42. The number of ether oxygens (including phenoxy) is 3. The van der Waals surface area contributed by atoms with E-state index < -0.39 is 59.8 Å². The summed E-state index contributed by atoms with van der Waals surface area (Å²) in [4.78, 5) is 62.7. The SMILES string of the molecule is CC(C)=CCCC(C)C1CCC2(C)C3=C(CCC12C)C1(C)CCC(O)C(C)(C)C1CC3.CCCCCC1C(=O)OC(C)C(NC(=O)c2cccc(NC=O)c2O)C(=O)OC(C)C1OC(=O)CC(C)C. The van der Waals surface area contributed by atoms with Crippen LogP contribution in [0.2, 0.25) is 0 Å². The zero-order chi connectivity index (χ0) is 51.2. The fourth-order valence-corrected chi connectivity index (χ4v) is 13.7. The first kappa shape index (κ1) is 55.7. The van der Waals surface area contributed by atoms with E-state index in [4.69, 9.17) is 14.2 Å². The molecule has 1 aromatic rings. The molecule has 5 aliphatic rings. The third-order valence-corrected chi connectivity index (χ3v) is 17.9. The largest absolute Gasteiger partial charge is 0.505 e. The number of anilines is 1. The number of rotatable bonds is 15. The molecule has 4 aliphatic carbocycles. The molecule has 12 heteroatoms. The molecule has 0 aromatic heterocycles. The summed E-state index contributed by atoms with van der Waals surface area (Å²) in [5.41, 5.74) is 6.19. The van der Waals surface area contributed by atoms with Crippen LogP contribution in [0.1, 0.15) is 197 Å². The maximum Gasteiger partial charge on any atom is 0.332 e. The Morgan fingerprint density at radius 1 is 0.913 bits per heavy atom. The van der Waals surface area contributed by atoms with Crippen LogP contribution in [0.15, 0.2) is 41.0 Å². The van der Waals surface area contributed by atoms with Gasteiger partial charge in [0.25, 0.3) is 5.91 Å². The minimum absolute atomic E-state index is 0.00114. The molecular formula is C57H88N2O10. The molecule has 0 radical (unpaired) electrons. The highest BCUT2D eigenvalue weighted by atomic mass is 16.6. The van der Waals surface area contributed by atoms with Crippen molar-refractivity contribution in [2.24, 2.45) is 51.2 Å². The van der Waals surface area contributed by atoms with Gasteiger partial charge in [0.1, 0.15) is 12.2 Å². The van der Waals surface area contributed by atoms with Gasteiger partial charge in [-0.1, -0.05) is 110 Å². The topological polar surface area (TPSA) is 178 Å². The molecule has 0 spiro atoms. The number of aliphatic hydroxyl groups excluding tert-OH is 1. The number of hydrogen-bond donors (Lipinski definition) is 4. The molecule has 6 rings (SSSR count). The predicted molar refractivity (Wildman–Crippen MR) is 270 cm³/mol. The Morgan fingerprint density at radius 2 is 1.61 bits per heavy atom. The van der Waals surface area contributed by atoms with Crippen molar-refractivity contribution in [3.63, 3.8) is 0 Å². The average Bonchev–Trinajstić information content (AvgIpc) is 3.56. The molecule has 4 N–H and O–H groups in total. The number of allylic oxidation sites excluding steroid dienone is 4. The Hall–Kier alpha value is -4.19. The minimum Gasteiger partial charge on any atom is -0.505 e. The number of esters is 3. The number of phenols is 1. The van der Waals surface area contributed by atoms with E-state index in [0.717, 1.165) is 31.1 Å². The van der Waals surface area contributed by atoms with Crippen molar-refractivity contribution in [2.45, 2.75) is 217 Å². The van der Waals surface area contributed by atoms with Gasteiger partial charge in [-0.15, -0.1) is 0 Å². The monoisotopic (exact) mass is 961 g/mol. The van der Waals surface area contributed by atoms with Gasteiger partial charge in [-0.25, -0.2) is 4.79 Å². The smallest absolute Gasteiger partial charge is 0.332 e. The van der Waals surface area contributed by atoms with Gasteiger partial charge in [-0.05, 0) is 156 Å². The van der Waals surface area contributed by atoms with Crippen molar-refractivity contribution in [1.82, 2.24) is 5.32 Å². The van der Waals surface area contributed by atoms with Crippen LogP contribution < -0.4 is 10.6 Å². The Morgan fingerprint density at radius 3 is 2.26 bits per heavy atom. The molecule has 2 amide bonds. The molecule has 2 saturated carbocycles. The number of amides is 2. The quantitative estimate of drug-likeness (QED) is 0.0330. The van der Waals surface area contributed by atoms with E-state index in [-0.39, 0.29) is 35.1 Å². The summed E-state index contributed by atoms with van der Waals surface area (Å²) >= 11 is 0. The number of phenolic OH excluding ortho intramolecular Hbond substituents is 1. The van der Waals surface area contributed by atoms with Gasteiger partial charge in [0.15, 0.2) is 17.9 Å². The number of para-hydroxylation sites is 1. The molecule has 69 heavy (non-hydrogen) atoms. The lowest BCUT2D eigenvalue weighted by Gasteiger charge is -2.62. The van der Waals surface area contributed by atoms with E-state index in [1.165, 1.54) is 95.4 Å². The van der Waals surface area contributed by atoms with Crippen molar-refractivity contribution in [2.75, 3.05) is 5.32 Å². The van der Waals surface area contributed by atoms with Gasteiger partial charge in [-0.3, -0.25) is 19.2 Å². The van der Waals surface area contributed by atoms with E-state index >= 15 is 0 Å². The highest BCUT2D eigenvalue weighted by Crippen LogP contribution is 2.72. The number of cyclic esters (lactones) is 2. The third kappa shape index (κ3) is 11.8. The van der Waals surface area contributed by atoms with Crippen LogP contribution in [0.4, 0.5) is 5.69 Å². The summed E-state index contributed by atoms with van der Waals surface area (Å²) < 4.78 is 16.9. The van der Waals surface area contributed by atoms with E-state index in [9.17, 15) is 34.2 Å². The van der Waals surface area contributed by atoms with Gasteiger partial charge < -0.3 is 35.1 Å². The van der Waals surface area contributed by atoms with Crippen molar-refractivity contribution in [3.8, 4) is 5.75 Å². The lowest BCUT2D eigenvalue weighted by molar-refractivity contribution is -0.175. The second-order valence-electron chi connectivity index (χ2n) is 23.4. The molecule has 12 atom stereocenters. The molecule has 1 aromatic carbocycles. The second-order valence-corrected chi connectivity index (χ2v) is 23.4. The predicted octanol–water partition coefficient (Wildman–Crippen LogP) is 11.6. The van der Waals surface area contributed by atoms with Crippen LogP contribution in [-0.4, -0.2) is 70.9 Å². The van der Waals surface area contributed by atoms with Gasteiger partial charge in [0.05, 0.1) is 23.3 Å². The van der Waals surface area contributed by atoms with E-state index in [0.29, 0.717) is 41.4 Å². The number of nitrogens with one attached hydrogen (secondary N) is 2. The maximum absolute atomic E-state index is 13.3. The molecule has 1 heterocycles. The summed E-state index contributed by atoms with van der Waals surface area (Å²) in [5, 5.41) is 25.9. The number of unbranched alkanes of at least 4 members (excludes halogenated alkanes) is 2. The Bertz CT molecular complexity index is 2070. The first-order valence-corrected chi connectivity index (χ1v) is 26.4. The average molecular weight is 961 g/mol. The number of benzene rings is 1. The highest BCUT2D eigenvalue weighted by Gasteiger charge is 2.63. The lowest BCUT2D eigenvalue weighted by atomic mass is 9.43. The number of hydrogen-bond acceptors (Lipinski definition) is 10. The molecule has 386 valence electrons. The summed E-state index contributed by atoms with van der Waals surface area (Å²) in [5.74, 6) is -1.95. The van der Waals surface area contributed by atoms with Crippen molar-refractivity contribution >= 4 is 35.9 Å². The van der Waals surface area contributed by atoms with Gasteiger partial charge in [-0.2, -0.15) is 0 Å². The number of fused-ring (bicyclic) bond motifs is 4. The number of carbonyl (C=O) groups excluding carboxylic acids is 5. The first-order valence-electron chi connectivity index (χ1n) is 26.4. The number of aromatic hydroxyl groups is 1. The summed E-state index contributed by atoms with van der Waals surface area (Å²) in [6.45, 7) is 28.3. The molecule has 0 bridgehead atoms. The van der Waals surface area contributed by atoms with Gasteiger partial charge in [0.2, 0.25) is 6.41 Å². The van der Waals surface area contributed by atoms with E-state index in [1.807, 2.05) is 31.9 Å². The Kier molecular flexibility index (Phi) is 18.5. The van der Waals surface area contributed by atoms with Crippen LogP contribution in [0.25, 0.3) is 0 Å². The summed E-state index contributed by atoms with van der Waals surface area (Å²) in [7, 11) is 0. The van der Waals surface area contributed by atoms with E-state index in [1.54, 1.807) is 0 Å². The van der Waals surface area contributed by atoms with Gasteiger partial charge in [0, 0.05) is 6.42 Å². The van der Waals surface area contributed by atoms with Crippen molar-refractivity contribution in [3.05, 3.63) is 46.6 Å². The molecule has 1 aliphatic heterocycles. The molecule has 12 nitrogen and oxygen atoms in total. The molecule has 1 saturated heterocycles. The standard InChI is InChI=1S/C30H50O.C27H38N2O9/c1-20(2)10-9-11-21(3)22-14-18-30(8)24-12-13-25-27(4,5)26(31)16-17-28(25,6)23(24)15-19-29(22,30)7;1-6-7-8-10-19-24(38-21(31)13-15(2)3)17(5)37-27(35)22(16(4)36-26(19)34)29-25(33)18-11-9-12-20(23(18)32)28-14-30/h10,21-22,25-26,31H,9,11-19H2,1-8H3;9,11-12,14-17,19,22,24,32H,6-8,10,13H2,1-5H3,(H,28,30)(H,29,33). The number of carbonyl (C=O) groups is 5. The second kappa shape index (κ2) is 22.9. The van der Waals surface area contributed by atoms with Crippen LogP contribution in [0.5, 0.6) is 5.75 Å². The van der Waals surface area contributed by atoms with Crippen LogP contribution in [-0.2, 0) is 33.4 Å². The lowest BCUT2D eigenvalue weighted by Crippen LogP contribution is -2.55. The van der Waals surface area contributed by atoms with Crippen molar-refractivity contribution in [1.29, 1.82) is 0 Å². The normalized spacial score (nSPS) is 33.3. The van der Waals surface area contributed by atoms with Crippen molar-refractivity contribution < 1.29 is 48.4 Å². The van der Waals surface area contributed by atoms with E-state index in [2.05, 4.69) is 72.1 Å². The highest BCUT2D eigenvalue weighted by molar-refractivity contribution is 6.01. The molecule has 12 unspecified atom stereocenters. The van der Waals surface area contributed by atoms with Crippen LogP contribution in [0.3, 0.4) is 0 Å². The molecule has 3 fully saturated rings. The third-order valence-electron chi connectivity index (χ3n) is 17.9. The Labute approximate surface area is 413 Å².